The maximum absolute atomic E-state index is 12.7. The molecule has 2 aromatic carbocycles. The average Bonchev–Trinajstić information content (AvgIpc) is 2.61. The van der Waals surface area contributed by atoms with E-state index in [9.17, 15) is 4.79 Å². The Kier molecular flexibility index (Phi) is 8.02. The van der Waals surface area contributed by atoms with Gasteiger partial charge in [0.05, 0.1) is 5.75 Å². The molecule has 0 atom stereocenters. The van der Waals surface area contributed by atoms with E-state index in [0.717, 1.165) is 18.8 Å². The van der Waals surface area contributed by atoms with Gasteiger partial charge >= 0.3 is 0 Å². The number of hydrogen-bond acceptors (Lipinski definition) is 3. The first-order valence-electron chi connectivity index (χ1n) is 8.64. The van der Waals surface area contributed by atoms with Crippen LogP contribution in [0.4, 0.5) is 0 Å². The summed E-state index contributed by atoms with van der Waals surface area (Å²) in [6.45, 7) is 4.40. The first-order valence-corrected chi connectivity index (χ1v) is 9.80. The number of carbonyl (C=O) groups is 1. The SMILES string of the molecule is Cc1ccc(CSCC(=O)N(CCN(C)C)Cc2ccccc2)cc1. The van der Waals surface area contributed by atoms with E-state index in [1.165, 1.54) is 16.7 Å². The Labute approximate surface area is 156 Å². The van der Waals surface area contributed by atoms with Crippen molar-refractivity contribution in [3.63, 3.8) is 0 Å². The molecule has 1 amide bonds. The Morgan fingerprint density at radius 1 is 0.920 bits per heavy atom. The van der Waals surface area contributed by atoms with E-state index in [4.69, 9.17) is 0 Å². The normalized spacial score (nSPS) is 10.9. The summed E-state index contributed by atoms with van der Waals surface area (Å²) in [7, 11) is 4.08. The van der Waals surface area contributed by atoms with Crippen molar-refractivity contribution >= 4 is 17.7 Å². The smallest absolute Gasteiger partial charge is 0.232 e. The minimum Gasteiger partial charge on any atom is -0.336 e. The van der Waals surface area contributed by atoms with E-state index < -0.39 is 0 Å². The van der Waals surface area contributed by atoms with Crippen LogP contribution in [0.15, 0.2) is 54.6 Å². The number of amides is 1. The van der Waals surface area contributed by atoms with Crippen molar-refractivity contribution in [2.75, 3.05) is 32.9 Å². The molecule has 25 heavy (non-hydrogen) atoms. The molecule has 2 aromatic rings. The minimum atomic E-state index is 0.211. The van der Waals surface area contributed by atoms with Gasteiger partial charge < -0.3 is 9.80 Å². The van der Waals surface area contributed by atoms with Crippen LogP contribution in [0.2, 0.25) is 0 Å². The third-order valence-electron chi connectivity index (χ3n) is 4.00. The van der Waals surface area contributed by atoms with Crippen molar-refractivity contribution in [1.82, 2.24) is 9.80 Å². The highest BCUT2D eigenvalue weighted by molar-refractivity contribution is 7.99. The van der Waals surface area contributed by atoms with Gasteiger partial charge in [-0.25, -0.2) is 0 Å². The minimum absolute atomic E-state index is 0.211. The lowest BCUT2D eigenvalue weighted by molar-refractivity contribution is -0.129. The summed E-state index contributed by atoms with van der Waals surface area (Å²) in [5, 5.41) is 0. The summed E-state index contributed by atoms with van der Waals surface area (Å²) in [4.78, 5) is 16.8. The fraction of sp³-hybridized carbons (Fsp3) is 0.381. The Balaban J connectivity index is 1.88. The molecule has 3 nitrogen and oxygen atoms in total. The van der Waals surface area contributed by atoms with Crippen LogP contribution in [0.3, 0.4) is 0 Å². The van der Waals surface area contributed by atoms with Crippen molar-refractivity contribution in [3.05, 3.63) is 71.3 Å². The second-order valence-corrected chi connectivity index (χ2v) is 7.57. The van der Waals surface area contributed by atoms with Gasteiger partial charge in [0.25, 0.3) is 0 Å². The monoisotopic (exact) mass is 356 g/mol. The van der Waals surface area contributed by atoms with Crippen LogP contribution < -0.4 is 0 Å². The molecule has 0 unspecified atom stereocenters. The molecule has 0 aliphatic heterocycles. The van der Waals surface area contributed by atoms with E-state index in [-0.39, 0.29) is 5.91 Å². The van der Waals surface area contributed by atoms with Crippen LogP contribution in [0.25, 0.3) is 0 Å². The molecular weight excluding hydrogens is 328 g/mol. The van der Waals surface area contributed by atoms with E-state index in [2.05, 4.69) is 48.2 Å². The third-order valence-corrected chi connectivity index (χ3v) is 4.99. The van der Waals surface area contributed by atoms with E-state index in [1.54, 1.807) is 11.8 Å². The molecule has 4 heteroatoms. The summed E-state index contributed by atoms with van der Waals surface area (Å²) in [5.41, 5.74) is 3.71. The largest absolute Gasteiger partial charge is 0.336 e. The molecule has 0 radical (unpaired) electrons. The van der Waals surface area contributed by atoms with Crippen molar-refractivity contribution in [2.45, 2.75) is 19.2 Å². The molecule has 134 valence electrons. The number of carbonyl (C=O) groups excluding carboxylic acids is 1. The number of aryl methyl sites for hydroxylation is 1. The van der Waals surface area contributed by atoms with E-state index in [1.807, 2.05) is 37.2 Å². The van der Waals surface area contributed by atoms with Gasteiger partial charge in [-0.1, -0.05) is 60.2 Å². The Morgan fingerprint density at radius 2 is 1.60 bits per heavy atom. The van der Waals surface area contributed by atoms with Gasteiger partial charge in [-0.15, -0.1) is 11.8 Å². The van der Waals surface area contributed by atoms with Crippen LogP contribution in [0, 0.1) is 6.92 Å². The number of nitrogens with zero attached hydrogens (tertiary/aromatic N) is 2. The van der Waals surface area contributed by atoms with Crippen molar-refractivity contribution < 1.29 is 4.79 Å². The standard InChI is InChI=1S/C21H28N2OS/c1-18-9-11-20(12-10-18)16-25-17-21(24)23(14-13-22(2)3)15-19-7-5-4-6-8-19/h4-12H,13-17H2,1-3H3. The predicted molar refractivity (Wildman–Crippen MR) is 108 cm³/mol. The van der Waals surface area contributed by atoms with Crippen molar-refractivity contribution in [2.24, 2.45) is 0 Å². The summed E-state index contributed by atoms with van der Waals surface area (Å²) < 4.78 is 0. The number of likely N-dealkylation sites (N-methyl/N-ethyl adjacent to an activating group) is 1. The lowest BCUT2D eigenvalue weighted by atomic mass is 10.2. The molecule has 0 bridgehead atoms. The fourth-order valence-corrected chi connectivity index (χ4v) is 3.34. The zero-order chi connectivity index (χ0) is 18.1. The summed E-state index contributed by atoms with van der Waals surface area (Å²) in [6, 6.07) is 18.7. The van der Waals surface area contributed by atoms with Crippen LogP contribution in [0.5, 0.6) is 0 Å². The Hall–Kier alpha value is -1.78. The summed E-state index contributed by atoms with van der Waals surface area (Å²) in [5.74, 6) is 1.61. The third kappa shape index (κ3) is 7.32. The Bertz CT molecular complexity index is 641. The number of hydrogen-bond donors (Lipinski definition) is 0. The van der Waals surface area contributed by atoms with Crippen LogP contribution >= 0.6 is 11.8 Å². The molecule has 0 fully saturated rings. The van der Waals surface area contributed by atoms with Crippen molar-refractivity contribution in [1.29, 1.82) is 0 Å². The fourth-order valence-electron chi connectivity index (χ4n) is 2.45. The van der Waals surface area contributed by atoms with Crippen molar-refractivity contribution in [3.8, 4) is 0 Å². The maximum Gasteiger partial charge on any atom is 0.232 e. The highest BCUT2D eigenvalue weighted by Crippen LogP contribution is 2.14. The summed E-state index contributed by atoms with van der Waals surface area (Å²) in [6.07, 6.45) is 0. The maximum atomic E-state index is 12.7. The highest BCUT2D eigenvalue weighted by Gasteiger charge is 2.14. The predicted octanol–water partition coefficient (Wildman–Crippen LogP) is 3.82. The van der Waals surface area contributed by atoms with Crippen LogP contribution in [-0.2, 0) is 17.1 Å². The van der Waals surface area contributed by atoms with Gasteiger partial charge in [-0.05, 0) is 32.1 Å². The molecule has 0 aliphatic carbocycles. The second-order valence-electron chi connectivity index (χ2n) is 6.58. The molecule has 0 heterocycles. The van der Waals surface area contributed by atoms with Gasteiger partial charge in [0.15, 0.2) is 0 Å². The molecule has 0 N–H and O–H groups in total. The number of benzene rings is 2. The molecule has 0 aromatic heterocycles. The number of thioether (sulfide) groups is 1. The molecule has 0 saturated heterocycles. The highest BCUT2D eigenvalue weighted by atomic mass is 32.2. The molecule has 0 spiro atoms. The first-order chi connectivity index (χ1) is 12.0. The van der Waals surface area contributed by atoms with Crippen LogP contribution in [-0.4, -0.2) is 48.6 Å². The number of rotatable bonds is 9. The molecule has 0 saturated carbocycles. The van der Waals surface area contributed by atoms with Gasteiger partial charge in [0.2, 0.25) is 5.91 Å². The van der Waals surface area contributed by atoms with Gasteiger partial charge in [-0.3, -0.25) is 4.79 Å². The van der Waals surface area contributed by atoms with Gasteiger partial charge in [-0.2, -0.15) is 0 Å². The van der Waals surface area contributed by atoms with Crippen LogP contribution in [0.1, 0.15) is 16.7 Å². The zero-order valence-corrected chi connectivity index (χ0v) is 16.3. The molecule has 2 rings (SSSR count). The van der Waals surface area contributed by atoms with Gasteiger partial charge in [0, 0.05) is 25.4 Å². The van der Waals surface area contributed by atoms with E-state index in [0.29, 0.717) is 12.3 Å². The first kappa shape index (κ1) is 19.5. The second kappa shape index (κ2) is 10.3. The topological polar surface area (TPSA) is 23.6 Å². The van der Waals surface area contributed by atoms with E-state index >= 15 is 0 Å². The quantitative estimate of drug-likeness (QED) is 0.682. The lowest BCUT2D eigenvalue weighted by Gasteiger charge is -2.24. The summed E-state index contributed by atoms with van der Waals surface area (Å²) >= 11 is 1.69. The zero-order valence-electron chi connectivity index (χ0n) is 15.4. The Morgan fingerprint density at radius 3 is 2.24 bits per heavy atom. The lowest BCUT2D eigenvalue weighted by Crippen LogP contribution is -2.37. The van der Waals surface area contributed by atoms with Gasteiger partial charge in [0.1, 0.15) is 0 Å². The molecule has 0 aliphatic rings. The molecular formula is C21H28N2OS. The average molecular weight is 357 g/mol.